The standard InChI is InChI=1S/C21H19Cl2N3O2/c1-12-3-5-13(6-4-12)18-17-19(25-10-2-9-24(18)25)21(28)26(20(17)27)14-7-8-15(22)16(23)11-14/h3-8,11,17-19H,2,9-10H2,1H3/t17-,18-,19-/m0/s1. The number of hydrogen-bond donors (Lipinski definition) is 0. The molecule has 3 heterocycles. The Hall–Kier alpha value is -1.92. The maximum Gasteiger partial charge on any atom is 0.253 e. The Labute approximate surface area is 173 Å². The molecule has 0 unspecified atom stereocenters. The van der Waals surface area contributed by atoms with Gasteiger partial charge in [0.15, 0.2) is 0 Å². The summed E-state index contributed by atoms with van der Waals surface area (Å²) in [6.07, 6.45) is 0.986. The molecular weight excluding hydrogens is 397 g/mol. The van der Waals surface area contributed by atoms with E-state index in [4.69, 9.17) is 23.2 Å². The maximum atomic E-state index is 13.5. The highest BCUT2D eigenvalue weighted by Crippen LogP contribution is 2.49. The van der Waals surface area contributed by atoms with Gasteiger partial charge in [-0.3, -0.25) is 9.59 Å². The van der Waals surface area contributed by atoms with Crippen molar-refractivity contribution in [2.24, 2.45) is 5.92 Å². The molecule has 5 nitrogen and oxygen atoms in total. The Morgan fingerprint density at radius 3 is 2.21 bits per heavy atom. The zero-order valence-electron chi connectivity index (χ0n) is 15.3. The highest BCUT2D eigenvalue weighted by atomic mass is 35.5. The van der Waals surface area contributed by atoms with Gasteiger partial charge in [-0.05, 0) is 37.1 Å². The lowest BCUT2D eigenvalue weighted by Gasteiger charge is -2.29. The normalized spacial score (nSPS) is 27.5. The smallest absolute Gasteiger partial charge is 0.253 e. The average molecular weight is 416 g/mol. The monoisotopic (exact) mass is 415 g/mol. The molecule has 0 N–H and O–H groups in total. The van der Waals surface area contributed by atoms with Crippen LogP contribution in [0.15, 0.2) is 42.5 Å². The van der Waals surface area contributed by atoms with E-state index in [9.17, 15) is 9.59 Å². The fourth-order valence-corrected chi connectivity index (χ4v) is 5.05. The van der Waals surface area contributed by atoms with Crippen molar-refractivity contribution in [3.05, 3.63) is 63.6 Å². The summed E-state index contributed by atoms with van der Waals surface area (Å²) < 4.78 is 0. The fraction of sp³-hybridized carbons (Fsp3) is 0.333. The minimum Gasteiger partial charge on any atom is -0.274 e. The van der Waals surface area contributed by atoms with Crippen molar-refractivity contribution in [3.63, 3.8) is 0 Å². The highest BCUT2D eigenvalue weighted by Gasteiger charge is 2.62. The van der Waals surface area contributed by atoms with Gasteiger partial charge in [0.25, 0.3) is 5.91 Å². The number of hydrogen-bond acceptors (Lipinski definition) is 4. The number of carbonyl (C=O) groups is 2. The molecule has 2 aromatic rings. The second-order valence-electron chi connectivity index (χ2n) is 7.62. The van der Waals surface area contributed by atoms with Gasteiger partial charge < -0.3 is 0 Å². The molecular formula is C21H19Cl2N3O2. The minimum absolute atomic E-state index is 0.127. The number of fused-ring (bicyclic) bond motifs is 3. The molecule has 5 rings (SSSR count). The van der Waals surface area contributed by atoms with Crippen LogP contribution in [0.25, 0.3) is 0 Å². The predicted octanol–water partition coefficient (Wildman–Crippen LogP) is 3.84. The third kappa shape index (κ3) is 2.54. The summed E-state index contributed by atoms with van der Waals surface area (Å²) in [6, 6.07) is 12.5. The third-order valence-corrected chi connectivity index (χ3v) is 6.73. The summed E-state index contributed by atoms with van der Waals surface area (Å²) in [7, 11) is 0. The Bertz CT molecular complexity index is 978. The molecule has 3 aliphatic rings. The molecule has 7 heteroatoms. The number of imide groups is 1. The number of amides is 2. The van der Waals surface area contributed by atoms with E-state index >= 15 is 0 Å². The van der Waals surface area contributed by atoms with E-state index in [2.05, 4.69) is 34.3 Å². The largest absolute Gasteiger partial charge is 0.274 e. The Morgan fingerprint density at radius 2 is 1.54 bits per heavy atom. The SMILES string of the molecule is Cc1ccc([C@H]2[C@@H]3C(=O)N(c4ccc(Cl)c(Cl)c4)C(=O)[C@H]3N3CCCN23)cc1. The van der Waals surface area contributed by atoms with Gasteiger partial charge in [-0.15, -0.1) is 0 Å². The quantitative estimate of drug-likeness (QED) is 0.698. The number of rotatable bonds is 2. The van der Waals surface area contributed by atoms with Crippen molar-refractivity contribution < 1.29 is 9.59 Å². The summed E-state index contributed by atoms with van der Waals surface area (Å²) >= 11 is 12.1. The first-order valence-corrected chi connectivity index (χ1v) is 10.2. The van der Waals surface area contributed by atoms with Gasteiger partial charge >= 0.3 is 0 Å². The molecule has 2 aromatic carbocycles. The Kier molecular flexibility index (Phi) is 4.25. The van der Waals surface area contributed by atoms with E-state index in [0.29, 0.717) is 15.7 Å². The number of carbonyl (C=O) groups excluding carboxylic acids is 2. The molecule has 3 aliphatic heterocycles. The number of benzene rings is 2. The first kappa shape index (κ1) is 18.1. The predicted molar refractivity (Wildman–Crippen MR) is 108 cm³/mol. The van der Waals surface area contributed by atoms with Crippen LogP contribution in [0, 0.1) is 12.8 Å². The number of halogens is 2. The zero-order chi connectivity index (χ0) is 19.6. The molecule has 0 saturated carbocycles. The first-order chi connectivity index (χ1) is 13.5. The Balaban J connectivity index is 1.58. The molecule has 3 fully saturated rings. The minimum atomic E-state index is -0.462. The van der Waals surface area contributed by atoms with Gasteiger partial charge in [-0.1, -0.05) is 53.0 Å². The van der Waals surface area contributed by atoms with Crippen molar-refractivity contribution in [2.45, 2.75) is 25.4 Å². The first-order valence-electron chi connectivity index (χ1n) is 9.40. The van der Waals surface area contributed by atoms with E-state index < -0.39 is 12.0 Å². The lowest BCUT2D eigenvalue weighted by molar-refractivity contribution is -0.126. The van der Waals surface area contributed by atoms with Gasteiger partial charge in [0.2, 0.25) is 5.91 Å². The molecule has 0 spiro atoms. The van der Waals surface area contributed by atoms with Gasteiger partial charge in [-0.2, -0.15) is 0 Å². The molecule has 0 aliphatic carbocycles. The van der Waals surface area contributed by atoms with E-state index in [1.807, 2.05) is 6.92 Å². The fourth-order valence-electron chi connectivity index (χ4n) is 4.76. The van der Waals surface area contributed by atoms with Gasteiger partial charge in [0.05, 0.1) is 27.7 Å². The summed E-state index contributed by atoms with van der Waals surface area (Å²) in [4.78, 5) is 28.1. The van der Waals surface area contributed by atoms with E-state index in [-0.39, 0.29) is 17.9 Å². The van der Waals surface area contributed by atoms with Crippen LogP contribution >= 0.6 is 23.2 Å². The maximum absolute atomic E-state index is 13.5. The van der Waals surface area contributed by atoms with Crippen molar-refractivity contribution in [2.75, 3.05) is 18.0 Å². The lowest BCUT2D eigenvalue weighted by atomic mass is 9.89. The number of hydrazine groups is 1. The number of anilines is 1. The van der Waals surface area contributed by atoms with E-state index in [1.165, 1.54) is 10.5 Å². The van der Waals surface area contributed by atoms with Gasteiger partial charge in [0.1, 0.15) is 6.04 Å². The molecule has 0 bridgehead atoms. The topological polar surface area (TPSA) is 43.9 Å². The molecule has 0 radical (unpaired) electrons. The van der Waals surface area contributed by atoms with Gasteiger partial charge in [0, 0.05) is 13.1 Å². The zero-order valence-corrected chi connectivity index (χ0v) is 16.8. The van der Waals surface area contributed by atoms with Crippen molar-refractivity contribution >= 4 is 40.7 Å². The van der Waals surface area contributed by atoms with E-state index in [1.54, 1.807) is 18.2 Å². The van der Waals surface area contributed by atoms with Crippen LogP contribution in [0.3, 0.4) is 0 Å². The van der Waals surface area contributed by atoms with Crippen LogP contribution in [-0.4, -0.2) is 41.0 Å². The number of nitrogens with zero attached hydrogens (tertiary/aromatic N) is 3. The second kappa shape index (κ2) is 6.56. The van der Waals surface area contributed by atoms with Crippen LogP contribution in [0.2, 0.25) is 10.0 Å². The van der Waals surface area contributed by atoms with Crippen LogP contribution in [-0.2, 0) is 9.59 Å². The summed E-state index contributed by atoms with van der Waals surface area (Å²) in [6.45, 7) is 3.69. The lowest BCUT2D eigenvalue weighted by Crippen LogP contribution is -2.44. The summed E-state index contributed by atoms with van der Waals surface area (Å²) in [5.74, 6) is -0.784. The molecule has 2 amide bonds. The van der Waals surface area contributed by atoms with Crippen molar-refractivity contribution in [1.82, 2.24) is 10.0 Å². The molecule has 144 valence electrons. The second-order valence-corrected chi connectivity index (χ2v) is 8.43. The van der Waals surface area contributed by atoms with Crippen LogP contribution in [0.4, 0.5) is 5.69 Å². The van der Waals surface area contributed by atoms with Gasteiger partial charge in [-0.25, -0.2) is 14.9 Å². The van der Waals surface area contributed by atoms with Crippen molar-refractivity contribution in [1.29, 1.82) is 0 Å². The van der Waals surface area contributed by atoms with Crippen molar-refractivity contribution in [3.8, 4) is 0 Å². The third-order valence-electron chi connectivity index (χ3n) is 5.99. The molecule has 3 atom stereocenters. The van der Waals surface area contributed by atoms with Crippen LogP contribution in [0.5, 0.6) is 0 Å². The summed E-state index contributed by atoms with van der Waals surface area (Å²) in [5.41, 5.74) is 2.72. The summed E-state index contributed by atoms with van der Waals surface area (Å²) in [5, 5.41) is 5.03. The average Bonchev–Trinajstić information content (AvgIpc) is 3.31. The Morgan fingerprint density at radius 1 is 0.857 bits per heavy atom. The highest BCUT2D eigenvalue weighted by molar-refractivity contribution is 6.42. The molecule has 3 saturated heterocycles. The number of aryl methyl sites for hydroxylation is 1. The van der Waals surface area contributed by atoms with E-state index in [0.717, 1.165) is 25.1 Å². The van der Waals surface area contributed by atoms with Crippen LogP contribution in [0.1, 0.15) is 23.6 Å². The molecule has 0 aromatic heterocycles. The molecule has 28 heavy (non-hydrogen) atoms. The van der Waals surface area contributed by atoms with Crippen LogP contribution < -0.4 is 4.90 Å².